The topological polar surface area (TPSA) is 55.6 Å². The number of ether oxygens (including phenoxy) is 1. The van der Waals surface area contributed by atoms with Crippen LogP contribution < -0.4 is 10.1 Å². The molecule has 0 radical (unpaired) electrons. The highest BCUT2D eigenvalue weighted by molar-refractivity contribution is 6.04. The van der Waals surface area contributed by atoms with E-state index in [9.17, 15) is 9.18 Å². The van der Waals surface area contributed by atoms with Crippen molar-refractivity contribution in [2.45, 2.75) is 6.61 Å². The van der Waals surface area contributed by atoms with Crippen LogP contribution in [0.1, 0.15) is 16.1 Å². The van der Waals surface area contributed by atoms with E-state index >= 15 is 0 Å². The molecule has 6 heteroatoms. The first kappa shape index (κ1) is 16.8. The van der Waals surface area contributed by atoms with Crippen LogP contribution in [0.4, 0.5) is 10.1 Å². The molecule has 0 aliphatic rings. The maximum absolute atomic E-state index is 12.9. The van der Waals surface area contributed by atoms with Gasteiger partial charge < -0.3 is 14.5 Å². The van der Waals surface area contributed by atoms with Crippen molar-refractivity contribution in [2.75, 3.05) is 5.32 Å². The smallest absolute Gasteiger partial charge is 0.255 e. The first-order valence-corrected chi connectivity index (χ1v) is 8.40. The number of carbonyl (C=O) groups is 1. The number of nitrogens with zero attached hydrogens (tertiary/aromatic N) is 2. The summed E-state index contributed by atoms with van der Waals surface area (Å²) in [6.45, 7) is 0.336. The maximum Gasteiger partial charge on any atom is 0.255 e. The lowest BCUT2D eigenvalue weighted by atomic mass is 10.2. The maximum atomic E-state index is 12.9. The zero-order valence-corrected chi connectivity index (χ0v) is 14.3. The Labute approximate surface area is 155 Å². The van der Waals surface area contributed by atoms with E-state index < -0.39 is 0 Å². The summed E-state index contributed by atoms with van der Waals surface area (Å²) in [5.74, 6) is 0.0269. The van der Waals surface area contributed by atoms with Crippen molar-refractivity contribution >= 4 is 17.2 Å². The summed E-state index contributed by atoms with van der Waals surface area (Å²) in [5.41, 5.74) is 2.70. The second-order valence-corrected chi connectivity index (χ2v) is 5.97. The summed E-state index contributed by atoms with van der Waals surface area (Å²) in [5, 5.41) is 2.72. The fourth-order valence-electron chi connectivity index (χ4n) is 2.65. The standard InChI is InChI=1S/C21H16FN3O2/c22-16-6-8-17(9-7-16)24-21(26)15-4-10-19(11-5-15)27-14-18-13-25-12-2-1-3-20(25)23-18/h1-13H,14H2,(H,24,26). The van der Waals surface area contributed by atoms with Gasteiger partial charge in [0.2, 0.25) is 0 Å². The van der Waals surface area contributed by atoms with Gasteiger partial charge in [0, 0.05) is 23.6 Å². The number of fused-ring (bicyclic) bond motifs is 1. The molecular weight excluding hydrogens is 345 g/mol. The van der Waals surface area contributed by atoms with Crippen molar-refractivity contribution < 1.29 is 13.9 Å². The third-order valence-corrected chi connectivity index (χ3v) is 4.02. The number of hydrogen-bond donors (Lipinski definition) is 1. The number of halogens is 1. The Balaban J connectivity index is 1.38. The number of anilines is 1. The second-order valence-electron chi connectivity index (χ2n) is 5.97. The second kappa shape index (κ2) is 7.29. The normalized spacial score (nSPS) is 10.7. The lowest BCUT2D eigenvalue weighted by Gasteiger charge is -2.07. The minimum Gasteiger partial charge on any atom is -0.487 e. The summed E-state index contributed by atoms with van der Waals surface area (Å²) in [6.07, 6.45) is 3.85. The van der Waals surface area contributed by atoms with Crippen molar-refractivity contribution in [1.29, 1.82) is 0 Å². The van der Waals surface area contributed by atoms with E-state index in [0.717, 1.165) is 11.3 Å². The number of pyridine rings is 1. The Morgan fingerprint density at radius 2 is 1.81 bits per heavy atom. The highest BCUT2D eigenvalue weighted by Gasteiger charge is 2.07. The molecule has 0 saturated heterocycles. The lowest BCUT2D eigenvalue weighted by Crippen LogP contribution is -2.11. The first-order valence-electron chi connectivity index (χ1n) is 8.40. The van der Waals surface area contributed by atoms with Crippen LogP contribution in [0.5, 0.6) is 5.75 Å². The molecule has 1 amide bonds. The van der Waals surface area contributed by atoms with Gasteiger partial charge >= 0.3 is 0 Å². The largest absolute Gasteiger partial charge is 0.487 e. The van der Waals surface area contributed by atoms with Crippen LogP contribution in [0.15, 0.2) is 79.1 Å². The van der Waals surface area contributed by atoms with Crippen molar-refractivity contribution in [3.63, 3.8) is 0 Å². The Morgan fingerprint density at radius 3 is 2.56 bits per heavy atom. The van der Waals surface area contributed by atoms with Crippen LogP contribution in [-0.2, 0) is 6.61 Å². The molecule has 0 aliphatic carbocycles. The molecule has 0 unspecified atom stereocenters. The van der Waals surface area contributed by atoms with E-state index in [0.29, 0.717) is 23.6 Å². The monoisotopic (exact) mass is 361 g/mol. The Hall–Kier alpha value is -3.67. The molecule has 4 rings (SSSR count). The van der Waals surface area contributed by atoms with Gasteiger partial charge in [-0.2, -0.15) is 0 Å². The van der Waals surface area contributed by atoms with Crippen LogP contribution in [-0.4, -0.2) is 15.3 Å². The lowest BCUT2D eigenvalue weighted by molar-refractivity contribution is 0.102. The molecule has 0 saturated carbocycles. The van der Waals surface area contributed by atoms with Gasteiger partial charge in [-0.05, 0) is 60.7 Å². The van der Waals surface area contributed by atoms with E-state index in [1.54, 1.807) is 24.3 Å². The fourth-order valence-corrected chi connectivity index (χ4v) is 2.65. The van der Waals surface area contributed by atoms with Gasteiger partial charge in [-0.1, -0.05) is 6.07 Å². The van der Waals surface area contributed by atoms with Gasteiger partial charge in [0.05, 0.1) is 5.69 Å². The van der Waals surface area contributed by atoms with E-state index in [-0.39, 0.29) is 11.7 Å². The van der Waals surface area contributed by atoms with Crippen LogP contribution in [0.3, 0.4) is 0 Å². The molecule has 0 aliphatic heterocycles. The Bertz CT molecular complexity index is 1040. The zero-order chi connectivity index (χ0) is 18.6. The Kier molecular flexibility index (Phi) is 4.53. The van der Waals surface area contributed by atoms with E-state index in [4.69, 9.17) is 4.74 Å². The van der Waals surface area contributed by atoms with Crippen molar-refractivity contribution in [1.82, 2.24) is 9.38 Å². The number of aromatic nitrogens is 2. The van der Waals surface area contributed by atoms with Crippen LogP contribution in [0, 0.1) is 5.82 Å². The average Bonchev–Trinajstić information content (AvgIpc) is 3.11. The molecular formula is C21H16FN3O2. The summed E-state index contributed by atoms with van der Waals surface area (Å²) in [7, 11) is 0. The van der Waals surface area contributed by atoms with Gasteiger partial charge in [-0.25, -0.2) is 9.37 Å². The molecule has 0 atom stereocenters. The van der Waals surface area contributed by atoms with Gasteiger partial charge in [-0.15, -0.1) is 0 Å². The van der Waals surface area contributed by atoms with Gasteiger partial charge in [0.25, 0.3) is 5.91 Å². The molecule has 2 heterocycles. The van der Waals surface area contributed by atoms with Gasteiger partial charge in [0.15, 0.2) is 0 Å². The predicted molar refractivity (Wildman–Crippen MR) is 100 cm³/mol. The fraction of sp³-hybridized carbons (Fsp3) is 0.0476. The number of hydrogen-bond acceptors (Lipinski definition) is 3. The molecule has 27 heavy (non-hydrogen) atoms. The molecule has 0 fully saturated rings. The molecule has 4 aromatic rings. The highest BCUT2D eigenvalue weighted by Crippen LogP contribution is 2.16. The first-order chi connectivity index (χ1) is 13.2. The van der Waals surface area contributed by atoms with E-state index in [2.05, 4.69) is 10.3 Å². The van der Waals surface area contributed by atoms with E-state index in [1.807, 2.05) is 35.0 Å². The highest BCUT2D eigenvalue weighted by atomic mass is 19.1. The minimum absolute atomic E-state index is 0.270. The SMILES string of the molecule is O=C(Nc1ccc(F)cc1)c1ccc(OCc2cn3ccccc3n2)cc1. The van der Waals surface area contributed by atoms with Crippen molar-refractivity contribution in [3.05, 3.63) is 96.2 Å². The van der Waals surface area contributed by atoms with Crippen LogP contribution in [0.2, 0.25) is 0 Å². The number of carbonyl (C=O) groups excluding carboxylic acids is 1. The third-order valence-electron chi connectivity index (χ3n) is 4.02. The molecule has 5 nitrogen and oxygen atoms in total. The number of benzene rings is 2. The van der Waals surface area contributed by atoms with Gasteiger partial charge in [-0.3, -0.25) is 4.79 Å². The number of amides is 1. The summed E-state index contributed by atoms with van der Waals surface area (Å²) in [4.78, 5) is 16.7. The van der Waals surface area contributed by atoms with Crippen LogP contribution in [0.25, 0.3) is 5.65 Å². The molecule has 134 valence electrons. The average molecular weight is 361 g/mol. The predicted octanol–water partition coefficient (Wildman–Crippen LogP) is 4.30. The molecule has 2 aromatic heterocycles. The van der Waals surface area contributed by atoms with Crippen LogP contribution >= 0.6 is 0 Å². The third kappa shape index (κ3) is 3.95. The number of rotatable bonds is 5. The molecule has 1 N–H and O–H groups in total. The number of imidazole rings is 1. The van der Waals surface area contributed by atoms with Crippen molar-refractivity contribution in [3.8, 4) is 5.75 Å². The summed E-state index contributed by atoms with van der Waals surface area (Å²) < 4.78 is 20.6. The minimum atomic E-state index is -0.347. The molecule has 0 bridgehead atoms. The summed E-state index contributed by atoms with van der Waals surface area (Å²) in [6, 6.07) is 18.2. The summed E-state index contributed by atoms with van der Waals surface area (Å²) >= 11 is 0. The Morgan fingerprint density at radius 1 is 1.04 bits per heavy atom. The molecule has 0 spiro atoms. The van der Waals surface area contributed by atoms with E-state index in [1.165, 1.54) is 24.3 Å². The zero-order valence-electron chi connectivity index (χ0n) is 14.3. The molecule has 2 aromatic carbocycles. The quantitative estimate of drug-likeness (QED) is 0.576. The number of nitrogens with one attached hydrogen (secondary N) is 1. The van der Waals surface area contributed by atoms with Gasteiger partial charge in [0.1, 0.15) is 23.8 Å². The van der Waals surface area contributed by atoms with Crippen molar-refractivity contribution in [2.24, 2.45) is 0 Å².